The van der Waals surface area contributed by atoms with Gasteiger partial charge in [0.15, 0.2) is 6.29 Å². The van der Waals surface area contributed by atoms with Crippen molar-refractivity contribution in [2.75, 3.05) is 19.8 Å². The SMILES string of the molecule is CCCCCCCCCCCCCNC(=O)[C@H](CO[C@H]1O[C@H](CO)[C@H](O)[C@H](O)[C@H]1O)NC(=O)C(C)CCCC=C(C)C. The monoisotopic (exact) mass is 600 g/mol. The highest BCUT2D eigenvalue weighted by molar-refractivity contribution is 5.88. The fraction of sp³-hybridized carbons (Fsp3) is 0.875. The first kappa shape index (κ1) is 38.5. The summed E-state index contributed by atoms with van der Waals surface area (Å²) in [5, 5.41) is 45.4. The Morgan fingerprint density at radius 2 is 1.45 bits per heavy atom. The van der Waals surface area contributed by atoms with Crippen LogP contribution >= 0.6 is 0 Å². The number of aliphatic hydroxyl groups excluding tert-OH is 4. The van der Waals surface area contributed by atoms with Crippen LogP contribution in [0.25, 0.3) is 0 Å². The molecule has 0 spiro atoms. The molecule has 7 atom stereocenters. The highest BCUT2D eigenvalue weighted by Crippen LogP contribution is 2.22. The first-order valence-corrected chi connectivity index (χ1v) is 16.3. The molecule has 10 heteroatoms. The smallest absolute Gasteiger partial charge is 0.244 e. The number of hydrogen-bond acceptors (Lipinski definition) is 8. The first-order valence-electron chi connectivity index (χ1n) is 16.3. The second kappa shape index (κ2) is 22.9. The van der Waals surface area contributed by atoms with E-state index in [4.69, 9.17) is 9.47 Å². The van der Waals surface area contributed by atoms with Gasteiger partial charge in [-0.25, -0.2) is 0 Å². The van der Waals surface area contributed by atoms with Gasteiger partial charge in [0.05, 0.1) is 13.2 Å². The van der Waals surface area contributed by atoms with Crippen LogP contribution in [0.1, 0.15) is 118 Å². The zero-order valence-corrected chi connectivity index (χ0v) is 26.6. The van der Waals surface area contributed by atoms with Crippen molar-refractivity contribution in [1.82, 2.24) is 10.6 Å². The predicted molar refractivity (Wildman–Crippen MR) is 164 cm³/mol. The molecule has 1 rings (SSSR count). The maximum Gasteiger partial charge on any atom is 0.244 e. The van der Waals surface area contributed by atoms with Crippen LogP contribution in [0.15, 0.2) is 11.6 Å². The van der Waals surface area contributed by atoms with Crippen molar-refractivity contribution in [1.29, 1.82) is 0 Å². The number of carbonyl (C=O) groups is 2. The number of ether oxygens (including phenoxy) is 2. The van der Waals surface area contributed by atoms with Crippen LogP contribution in [0.4, 0.5) is 0 Å². The van der Waals surface area contributed by atoms with Crippen LogP contribution in [0, 0.1) is 5.92 Å². The summed E-state index contributed by atoms with van der Waals surface area (Å²) < 4.78 is 11.0. The standard InChI is InChI=1S/C32H60N2O8/c1-5-6-7-8-9-10-11-12-13-14-17-20-33-31(40)25(34-30(39)24(4)19-16-15-18-23(2)3)22-41-32-29(38)28(37)27(36)26(21-35)42-32/h18,24-29,32,35-38H,5-17,19-22H2,1-4H3,(H,33,40)(H,34,39)/t24?,25-,26+,27-,28-,29+,32-/m0/s1. The van der Waals surface area contributed by atoms with Crippen molar-refractivity contribution in [2.45, 2.75) is 154 Å². The molecule has 1 unspecified atom stereocenters. The molecule has 0 aromatic heterocycles. The Balaban J connectivity index is 2.57. The summed E-state index contributed by atoms with van der Waals surface area (Å²) in [4.78, 5) is 26.0. The molecule has 1 aliphatic heterocycles. The summed E-state index contributed by atoms with van der Waals surface area (Å²) in [5.74, 6) is -0.999. The van der Waals surface area contributed by atoms with Crippen molar-refractivity contribution in [3.05, 3.63) is 11.6 Å². The molecule has 1 heterocycles. The van der Waals surface area contributed by atoms with Gasteiger partial charge < -0.3 is 40.5 Å². The maximum atomic E-state index is 13.1. The topological polar surface area (TPSA) is 158 Å². The van der Waals surface area contributed by atoms with Crippen molar-refractivity contribution in [3.63, 3.8) is 0 Å². The normalized spacial score (nSPS) is 23.7. The molecule has 0 aliphatic carbocycles. The second-order valence-corrected chi connectivity index (χ2v) is 12.0. The maximum absolute atomic E-state index is 13.1. The van der Waals surface area contributed by atoms with E-state index in [1.165, 1.54) is 56.9 Å². The van der Waals surface area contributed by atoms with Gasteiger partial charge in [0.2, 0.25) is 11.8 Å². The number of unbranched alkanes of at least 4 members (excludes halogenated alkanes) is 11. The van der Waals surface area contributed by atoms with Gasteiger partial charge in [-0.2, -0.15) is 0 Å². The minimum absolute atomic E-state index is 0.278. The molecular formula is C32H60N2O8. The summed E-state index contributed by atoms with van der Waals surface area (Å²) in [6, 6.07) is -1.04. The Morgan fingerprint density at radius 1 is 0.857 bits per heavy atom. The lowest BCUT2D eigenvalue weighted by Gasteiger charge is -2.39. The predicted octanol–water partition coefficient (Wildman–Crippen LogP) is 3.49. The van der Waals surface area contributed by atoms with Gasteiger partial charge in [0, 0.05) is 12.5 Å². The molecule has 0 saturated carbocycles. The lowest BCUT2D eigenvalue weighted by Crippen LogP contribution is -2.60. The van der Waals surface area contributed by atoms with E-state index in [0.717, 1.165) is 32.1 Å². The van der Waals surface area contributed by atoms with E-state index in [1.54, 1.807) is 0 Å². The summed E-state index contributed by atoms with van der Waals surface area (Å²) >= 11 is 0. The van der Waals surface area contributed by atoms with E-state index in [0.29, 0.717) is 13.0 Å². The van der Waals surface area contributed by atoms with Crippen LogP contribution < -0.4 is 10.6 Å². The number of hydrogen-bond donors (Lipinski definition) is 6. The number of aliphatic hydroxyl groups is 4. The number of rotatable bonds is 23. The summed E-state index contributed by atoms with van der Waals surface area (Å²) in [5.41, 5.74) is 1.23. The molecule has 2 amide bonds. The molecule has 1 saturated heterocycles. The van der Waals surface area contributed by atoms with Crippen molar-refractivity contribution in [2.24, 2.45) is 5.92 Å². The largest absolute Gasteiger partial charge is 0.394 e. The van der Waals surface area contributed by atoms with E-state index in [2.05, 4.69) is 23.6 Å². The molecule has 0 radical (unpaired) electrons. The third kappa shape index (κ3) is 15.8. The summed E-state index contributed by atoms with van der Waals surface area (Å²) in [6.45, 7) is 7.68. The van der Waals surface area contributed by atoms with E-state index < -0.39 is 49.3 Å². The Morgan fingerprint density at radius 3 is 2.02 bits per heavy atom. The van der Waals surface area contributed by atoms with Crippen LogP contribution in [0.3, 0.4) is 0 Å². The lowest BCUT2D eigenvalue weighted by atomic mass is 9.99. The first-order chi connectivity index (χ1) is 20.1. The minimum Gasteiger partial charge on any atom is -0.394 e. The Kier molecular flexibility index (Phi) is 21.0. The van der Waals surface area contributed by atoms with Crippen molar-refractivity contribution in [3.8, 4) is 0 Å². The Hall–Kier alpha value is -1.56. The molecule has 1 fully saturated rings. The molecule has 6 N–H and O–H groups in total. The molecule has 0 aromatic rings. The van der Waals surface area contributed by atoms with Crippen LogP contribution in [-0.4, -0.2) is 88.7 Å². The van der Waals surface area contributed by atoms with Gasteiger partial charge in [-0.05, 0) is 39.5 Å². The van der Waals surface area contributed by atoms with E-state index in [9.17, 15) is 30.0 Å². The number of carbonyl (C=O) groups excluding carboxylic acids is 2. The lowest BCUT2D eigenvalue weighted by molar-refractivity contribution is -0.301. The second-order valence-electron chi connectivity index (χ2n) is 12.0. The van der Waals surface area contributed by atoms with Gasteiger partial charge >= 0.3 is 0 Å². The number of amides is 2. The minimum atomic E-state index is -1.59. The van der Waals surface area contributed by atoms with Gasteiger partial charge in [0.1, 0.15) is 30.5 Å². The average Bonchev–Trinajstić information content (AvgIpc) is 2.97. The number of allylic oxidation sites excluding steroid dienone is 2. The Labute approximate surface area is 253 Å². The van der Waals surface area contributed by atoms with Crippen molar-refractivity contribution >= 4 is 11.8 Å². The molecule has 10 nitrogen and oxygen atoms in total. The van der Waals surface area contributed by atoms with E-state index >= 15 is 0 Å². The van der Waals surface area contributed by atoms with Crippen LogP contribution in [0.2, 0.25) is 0 Å². The average molecular weight is 601 g/mol. The molecular weight excluding hydrogens is 540 g/mol. The molecule has 246 valence electrons. The number of nitrogens with one attached hydrogen (secondary N) is 2. The third-order valence-corrected chi connectivity index (χ3v) is 7.83. The quantitative estimate of drug-likeness (QED) is 0.0769. The van der Waals surface area contributed by atoms with E-state index in [1.807, 2.05) is 20.8 Å². The molecule has 42 heavy (non-hydrogen) atoms. The fourth-order valence-electron chi connectivity index (χ4n) is 4.96. The third-order valence-electron chi connectivity index (χ3n) is 7.83. The molecule has 1 aliphatic rings. The summed E-state index contributed by atoms with van der Waals surface area (Å²) in [6.07, 6.45) is 10.5. The zero-order valence-electron chi connectivity index (χ0n) is 26.6. The highest BCUT2D eigenvalue weighted by atomic mass is 16.7. The summed E-state index contributed by atoms with van der Waals surface area (Å²) in [7, 11) is 0. The van der Waals surface area contributed by atoms with Gasteiger partial charge in [0.25, 0.3) is 0 Å². The van der Waals surface area contributed by atoms with E-state index in [-0.39, 0.29) is 18.4 Å². The van der Waals surface area contributed by atoms with Crippen molar-refractivity contribution < 1.29 is 39.5 Å². The molecule has 0 aromatic carbocycles. The van der Waals surface area contributed by atoms with Crippen LogP contribution in [-0.2, 0) is 19.1 Å². The highest BCUT2D eigenvalue weighted by Gasteiger charge is 2.44. The zero-order chi connectivity index (χ0) is 31.3. The van der Waals surface area contributed by atoms with Crippen LogP contribution in [0.5, 0.6) is 0 Å². The Bertz CT molecular complexity index is 759. The van der Waals surface area contributed by atoms with Gasteiger partial charge in [-0.3, -0.25) is 9.59 Å². The van der Waals surface area contributed by atoms with Gasteiger partial charge in [-0.1, -0.05) is 89.7 Å². The molecule has 0 bridgehead atoms. The fourth-order valence-corrected chi connectivity index (χ4v) is 4.96. The van der Waals surface area contributed by atoms with Gasteiger partial charge in [-0.15, -0.1) is 0 Å².